The predicted octanol–water partition coefficient (Wildman–Crippen LogP) is 1.32. The molecule has 6 nitrogen and oxygen atoms in total. The second kappa shape index (κ2) is 5.95. The van der Waals surface area contributed by atoms with Crippen molar-refractivity contribution >= 4 is 17.9 Å². The van der Waals surface area contributed by atoms with E-state index >= 15 is 0 Å². The minimum atomic E-state index is -0.656. The lowest BCUT2D eigenvalue weighted by Gasteiger charge is -2.14. The third-order valence-corrected chi connectivity index (χ3v) is 3.37. The lowest BCUT2D eigenvalue weighted by molar-refractivity contribution is -0.125. The molecule has 0 radical (unpaired) electrons. The number of cyclic esters (lactones) is 1. The van der Waals surface area contributed by atoms with Crippen LogP contribution in [-0.4, -0.2) is 42.5 Å². The molecule has 1 heterocycles. The van der Waals surface area contributed by atoms with Crippen molar-refractivity contribution in [2.24, 2.45) is 0 Å². The van der Waals surface area contributed by atoms with Crippen LogP contribution in [0.1, 0.15) is 27.0 Å². The first-order chi connectivity index (χ1) is 9.90. The van der Waals surface area contributed by atoms with Gasteiger partial charge in [0.15, 0.2) is 6.61 Å². The van der Waals surface area contributed by atoms with Gasteiger partial charge in [0.2, 0.25) is 0 Å². The number of aryl methyl sites for hydroxylation is 3. The van der Waals surface area contributed by atoms with Crippen LogP contribution in [0.5, 0.6) is 0 Å². The molecule has 0 saturated carbocycles. The van der Waals surface area contributed by atoms with E-state index in [-0.39, 0.29) is 31.5 Å². The Morgan fingerprint density at radius 1 is 1.24 bits per heavy atom. The van der Waals surface area contributed by atoms with Crippen molar-refractivity contribution in [2.45, 2.75) is 20.8 Å². The van der Waals surface area contributed by atoms with E-state index in [1.807, 2.05) is 32.9 Å². The SMILES string of the molecule is Cc1cc(C)c(C(=O)NCCN2C(=O)COC2=O)c(C)c1. The van der Waals surface area contributed by atoms with E-state index < -0.39 is 6.09 Å². The summed E-state index contributed by atoms with van der Waals surface area (Å²) >= 11 is 0. The second-order valence-corrected chi connectivity index (χ2v) is 5.13. The predicted molar refractivity (Wildman–Crippen MR) is 76.0 cm³/mol. The van der Waals surface area contributed by atoms with E-state index in [9.17, 15) is 14.4 Å². The molecule has 1 aliphatic rings. The Labute approximate surface area is 123 Å². The quantitative estimate of drug-likeness (QED) is 0.907. The van der Waals surface area contributed by atoms with Gasteiger partial charge in [-0.2, -0.15) is 0 Å². The minimum Gasteiger partial charge on any atom is -0.439 e. The highest BCUT2D eigenvalue weighted by atomic mass is 16.6. The Bertz CT molecular complexity index is 571. The maximum Gasteiger partial charge on any atom is 0.417 e. The van der Waals surface area contributed by atoms with Crippen molar-refractivity contribution in [2.75, 3.05) is 19.7 Å². The molecule has 1 saturated heterocycles. The molecule has 0 unspecified atom stereocenters. The maximum atomic E-state index is 12.2. The Hall–Kier alpha value is -2.37. The molecule has 6 heteroatoms. The number of hydrogen-bond acceptors (Lipinski definition) is 4. The average Bonchev–Trinajstić information content (AvgIpc) is 2.69. The average molecular weight is 290 g/mol. The fourth-order valence-electron chi connectivity index (χ4n) is 2.50. The van der Waals surface area contributed by atoms with Crippen molar-refractivity contribution in [1.29, 1.82) is 0 Å². The molecule has 1 aliphatic heterocycles. The molecule has 3 amide bonds. The van der Waals surface area contributed by atoms with E-state index in [4.69, 9.17) is 0 Å². The van der Waals surface area contributed by atoms with E-state index in [1.54, 1.807) is 0 Å². The molecule has 0 atom stereocenters. The van der Waals surface area contributed by atoms with E-state index in [2.05, 4.69) is 10.1 Å². The summed E-state index contributed by atoms with van der Waals surface area (Å²) in [5.41, 5.74) is 3.55. The van der Waals surface area contributed by atoms with Gasteiger partial charge in [0, 0.05) is 18.7 Å². The molecule has 21 heavy (non-hydrogen) atoms. The third-order valence-electron chi connectivity index (χ3n) is 3.37. The summed E-state index contributed by atoms with van der Waals surface area (Å²) < 4.78 is 4.60. The van der Waals surface area contributed by atoms with E-state index in [1.165, 1.54) is 0 Å². The summed E-state index contributed by atoms with van der Waals surface area (Å²) in [6.07, 6.45) is -0.656. The maximum absolute atomic E-state index is 12.2. The minimum absolute atomic E-state index is 0.118. The van der Waals surface area contributed by atoms with Crippen LogP contribution >= 0.6 is 0 Å². The summed E-state index contributed by atoms with van der Waals surface area (Å²) in [5.74, 6) is -0.582. The molecule has 0 spiro atoms. The second-order valence-electron chi connectivity index (χ2n) is 5.13. The molecule has 1 aromatic carbocycles. The fourth-order valence-corrected chi connectivity index (χ4v) is 2.50. The summed E-state index contributed by atoms with van der Waals surface area (Å²) in [5, 5.41) is 2.73. The van der Waals surface area contributed by atoms with Crippen LogP contribution in [0.2, 0.25) is 0 Å². The molecule has 1 N–H and O–H groups in total. The van der Waals surface area contributed by atoms with Gasteiger partial charge in [-0.3, -0.25) is 9.59 Å². The zero-order valence-corrected chi connectivity index (χ0v) is 12.4. The smallest absolute Gasteiger partial charge is 0.417 e. The molecule has 1 fully saturated rings. The number of hydrogen-bond donors (Lipinski definition) is 1. The number of benzene rings is 1. The first-order valence-electron chi connectivity index (χ1n) is 6.73. The van der Waals surface area contributed by atoms with Crippen LogP contribution < -0.4 is 5.32 Å². The molecule has 112 valence electrons. The lowest BCUT2D eigenvalue weighted by atomic mass is 9.99. The molecular formula is C15H18N2O4. The van der Waals surface area contributed by atoms with E-state index in [0.29, 0.717) is 5.56 Å². The van der Waals surface area contributed by atoms with Crippen LogP contribution in [0.25, 0.3) is 0 Å². The topological polar surface area (TPSA) is 75.7 Å². The molecule has 1 aromatic rings. The normalized spacial score (nSPS) is 14.3. The van der Waals surface area contributed by atoms with Crippen LogP contribution in [-0.2, 0) is 9.53 Å². The number of nitrogens with one attached hydrogen (secondary N) is 1. The van der Waals surface area contributed by atoms with Crippen molar-refractivity contribution in [3.63, 3.8) is 0 Å². The zero-order chi connectivity index (χ0) is 15.6. The molecule has 0 bridgehead atoms. The molecular weight excluding hydrogens is 272 g/mol. The van der Waals surface area contributed by atoms with E-state index in [0.717, 1.165) is 21.6 Å². The molecule has 0 aliphatic carbocycles. The number of imide groups is 1. The Morgan fingerprint density at radius 2 is 1.86 bits per heavy atom. The van der Waals surface area contributed by atoms with Crippen LogP contribution in [0, 0.1) is 20.8 Å². The van der Waals surface area contributed by atoms with Gasteiger partial charge in [0.25, 0.3) is 11.8 Å². The first kappa shape index (κ1) is 15.0. The van der Waals surface area contributed by atoms with Gasteiger partial charge in [-0.15, -0.1) is 0 Å². The summed E-state index contributed by atoms with van der Waals surface area (Å²) in [7, 11) is 0. The highest BCUT2D eigenvalue weighted by Gasteiger charge is 2.30. The first-order valence-corrected chi connectivity index (χ1v) is 6.73. The molecule has 0 aromatic heterocycles. The van der Waals surface area contributed by atoms with Crippen molar-refractivity contribution in [3.8, 4) is 0 Å². The van der Waals surface area contributed by atoms with Gasteiger partial charge in [0.1, 0.15) is 0 Å². The van der Waals surface area contributed by atoms with Crippen molar-refractivity contribution in [3.05, 3.63) is 34.4 Å². The summed E-state index contributed by atoms with van der Waals surface area (Å²) in [6.45, 7) is 5.85. The Morgan fingerprint density at radius 3 is 2.38 bits per heavy atom. The number of ether oxygens (including phenoxy) is 1. The van der Waals surface area contributed by atoms with Gasteiger partial charge >= 0.3 is 6.09 Å². The number of rotatable bonds is 4. The number of carbonyl (C=O) groups is 3. The van der Waals surface area contributed by atoms with Gasteiger partial charge in [-0.25, -0.2) is 9.69 Å². The van der Waals surface area contributed by atoms with Gasteiger partial charge in [0.05, 0.1) is 0 Å². The van der Waals surface area contributed by atoms with Gasteiger partial charge < -0.3 is 10.1 Å². The Kier molecular flexibility index (Phi) is 4.26. The Balaban J connectivity index is 1.97. The van der Waals surface area contributed by atoms with Crippen molar-refractivity contribution in [1.82, 2.24) is 10.2 Å². The lowest BCUT2D eigenvalue weighted by Crippen LogP contribution is -2.38. The van der Waals surface area contributed by atoms with Gasteiger partial charge in [-0.05, 0) is 31.9 Å². The number of amides is 3. The molecule has 2 rings (SSSR count). The third kappa shape index (κ3) is 3.21. The monoisotopic (exact) mass is 290 g/mol. The largest absolute Gasteiger partial charge is 0.439 e. The zero-order valence-electron chi connectivity index (χ0n) is 12.4. The summed E-state index contributed by atoms with van der Waals surface area (Å²) in [4.78, 5) is 35.8. The highest BCUT2D eigenvalue weighted by Crippen LogP contribution is 2.16. The number of carbonyl (C=O) groups excluding carboxylic acids is 3. The van der Waals surface area contributed by atoms with Crippen LogP contribution in [0.15, 0.2) is 12.1 Å². The van der Waals surface area contributed by atoms with Crippen LogP contribution in [0.3, 0.4) is 0 Å². The highest BCUT2D eigenvalue weighted by molar-refractivity contribution is 5.98. The number of nitrogens with zero attached hydrogens (tertiary/aromatic N) is 1. The van der Waals surface area contributed by atoms with Crippen LogP contribution in [0.4, 0.5) is 4.79 Å². The fraction of sp³-hybridized carbons (Fsp3) is 0.400. The standard InChI is InChI=1S/C15H18N2O4/c1-9-6-10(2)13(11(3)7-9)14(19)16-4-5-17-12(18)8-21-15(17)20/h6-7H,4-5,8H2,1-3H3,(H,16,19). The van der Waals surface area contributed by atoms with Gasteiger partial charge in [-0.1, -0.05) is 17.7 Å². The van der Waals surface area contributed by atoms with Crippen molar-refractivity contribution < 1.29 is 19.1 Å². The summed E-state index contributed by atoms with van der Waals surface area (Å²) in [6, 6.07) is 3.90.